The third kappa shape index (κ3) is 4.09. The van der Waals surface area contributed by atoms with Gasteiger partial charge in [0.05, 0.1) is 0 Å². The number of aromatic nitrogens is 2. The first kappa shape index (κ1) is 17.3. The van der Waals surface area contributed by atoms with Crippen molar-refractivity contribution in [2.24, 2.45) is 0 Å². The Morgan fingerprint density at radius 3 is 2.58 bits per heavy atom. The van der Waals surface area contributed by atoms with E-state index in [1.165, 1.54) is 0 Å². The van der Waals surface area contributed by atoms with Crippen molar-refractivity contribution >= 4 is 23.5 Å². The molecule has 2 fully saturated rings. The smallest absolute Gasteiger partial charge is 0.410 e. The Balaban J connectivity index is 1.68. The van der Waals surface area contributed by atoms with Crippen molar-refractivity contribution in [1.82, 2.24) is 14.9 Å². The molecule has 0 unspecified atom stereocenters. The van der Waals surface area contributed by atoms with Gasteiger partial charge in [-0.2, -0.15) is 0 Å². The van der Waals surface area contributed by atoms with Crippen LogP contribution in [0.4, 0.5) is 10.6 Å². The molecule has 0 N–H and O–H groups in total. The van der Waals surface area contributed by atoms with Crippen LogP contribution in [0.15, 0.2) is 6.07 Å². The molecule has 2 heterocycles. The summed E-state index contributed by atoms with van der Waals surface area (Å²) in [5, 5.41) is 0.490. The topological polar surface area (TPSA) is 58.6 Å². The fourth-order valence-electron chi connectivity index (χ4n) is 2.87. The molecule has 6 nitrogen and oxygen atoms in total. The molecule has 2 aliphatic rings. The van der Waals surface area contributed by atoms with Gasteiger partial charge in [0.25, 0.3) is 0 Å². The van der Waals surface area contributed by atoms with E-state index in [4.69, 9.17) is 16.3 Å². The lowest BCUT2D eigenvalue weighted by Gasteiger charge is -2.40. The SMILES string of the molecule is C[C@H]1CN(c2cc(Cl)nc(C3CC3)n2)CCN1C(=O)OC(C)(C)C. The van der Waals surface area contributed by atoms with Crippen LogP contribution in [0.25, 0.3) is 0 Å². The number of halogens is 1. The van der Waals surface area contributed by atoms with Crippen molar-refractivity contribution in [3.05, 3.63) is 17.0 Å². The van der Waals surface area contributed by atoms with Gasteiger partial charge in [-0.25, -0.2) is 14.8 Å². The van der Waals surface area contributed by atoms with Crippen molar-refractivity contribution in [1.29, 1.82) is 0 Å². The van der Waals surface area contributed by atoms with Crippen molar-refractivity contribution in [3.63, 3.8) is 0 Å². The third-order valence-electron chi connectivity index (χ3n) is 4.22. The molecule has 3 rings (SSSR count). The molecule has 132 valence electrons. The van der Waals surface area contributed by atoms with Gasteiger partial charge in [-0.05, 0) is 40.5 Å². The van der Waals surface area contributed by atoms with Gasteiger partial charge in [-0.3, -0.25) is 0 Å². The van der Waals surface area contributed by atoms with Crippen LogP contribution in [-0.2, 0) is 4.74 Å². The van der Waals surface area contributed by atoms with E-state index in [0.717, 1.165) is 24.5 Å². The van der Waals surface area contributed by atoms with E-state index in [9.17, 15) is 4.79 Å². The average molecular weight is 353 g/mol. The van der Waals surface area contributed by atoms with Gasteiger partial charge < -0.3 is 14.5 Å². The monoisotopic (exact) mass is 352 g/mol. The molecule has 0 bridgehead atoms. The van der Waals surface area contributed by atoms with E-state index in [1.54, 1.807) is 4.90 Å². The maximum atomic E-state index is 12.3. The van der Waals surface area contributed by atoms with Gasteiger partial charge in [0, 0.05) is 37.7 Å². The van der Waals surface area contributed by atoms with Crippen LogP contribution in [0, 0.1) is 0 Å². The summed E-state index contributed by atoms with van der Waals surface area (Å²) in [4.78, 5) is 25.3. The lowest BCUT2D eigenvalue weighted by atomic mass is 10.2. The number of carbonyl (C=O) groups excluding carboxylic acids is 1. The largest absolute Gasteiger partial charge is 0.444 e. The lowest BCUT2D eigenvalue weighted by molar-refractivity contribution is 0.0158. The minimum atomic E-state index is -0.479. The standard InChI is InChI=1S/C17H25ClN4O2/c1-11-10-21(7-8-22(11)16(23)24-17(2,3)4)14-9-13(18)19-15(20-14)12-5-6-12/h9,11-12H,5-8,10H2,1-4H3/t11-/m0/s1. The van der Waals surface area contributed by atoms with E-state index < -0.39 is 5.60 Å². The van der Waals surface area contributed by atoms with Gasteiger partial charge in [0.1, 0.15) is 22.4 Å². The zero-order valence-electron chi connectivity index (χ0n) is 14.8. The van der Waals surface area contributed by atoms with Gasteiger partial charge in [-0.1, -0.05) is 11.6 Å². The molecule has 1 atom stereocenters. The van der Waals surface area contributed by atoms with Crippen molar-refractivity contribution in [2.75, 3.05) is 24.5 Å². The fourth-order valence-corrected chi connectivity index (χ4v) is 3.05. The molecule has 1 amide bonds. The van der Waals surface area contributed by atoms with Crippen molar-refractivity contribution < 1.29 is 9.53 Å². The second-order valence-corrected chi connectivity index (χ2v) is 8.04. The maximum absolute atomic E-state index is 12.3. The van der Waals surface area contributed by atoms with Crippen LogP contribution < -0.4 is 4.90 Å². The van der Waals surface area contributed by atoms with Crippen LogP contribution in [0.1, 0.15) is 52.3 Å². The molecule has 1 aliphatic carbocycles. The van der Waals surface area contributed by atoms with E-state index in [-0.39, 0.29) is 12.1 Å². The molecule has 0 aromatic carbocycles. The van der Waals surface area contributed by atoms with Crippen LogP contribution in [0.2, 0.25) is 5.15 Å². The highest BCUT2D eigenvalue weighted by Gasteiger charge is 2.32. The van der Waals surface area contributed by atoms with E-state index >= 15 is 0 Å². The van der Waals surface area contributed by atoms with E-state index in [0.29, 0.717) is 30.7 Å². The summed E-state index contributed by atoms with van der Waals surface area (Å²) in [5.41, 5.74) is -0.479. The van der Waals surface area contributed by atoms with Gasteiger partial charge in [-0.15, -0.1) is 0 Å². The Hall–Kier alpha value is -1.56. The number of hydrogen-bond acceptors (Lipinski definition) is 5. The molecule has 1 aliphatic heterocycles. The minimum absolute atomic E-state index is 0.0479. The molecule has 1 aromatic rings. The highest BCUT2D eigenvalue weighted by Crippen LogP contribution is 2.39. The molecular weight excluding hydrogens is 328 g/mol. The van der Waals surface area contributed by atoms with Crippen LogP contribution in [0.5, 0.6) is 0 Å². The number of anilines is 1. The number of rotatable bonds is 2. The second-order valence-electron chi connectivity index (χ2n) is 7.65. The highest BCUT2D eigenvalue weighted by molar-refractivity contribution is 6.29. The first-order chi connectivity index (χ1) is 11.2. The Bertz CT molecular complexity index is 628. The summed E-state index contributed by atoms with van der Waals surface area (Å²) in [5.74, 6) is 2.16. The third-order valence-corrected chi connectivity index (χ3v) is 4.41. The van der Waals surface area contributed by atoms with Gasteiger partial charge >= 0.3 is 6.09 Å². The van der Waals surface area contributed by atoms with Crippen LogP contribution in [0.3, 0.4) is 0 Å². The molecule has 7 heteroatoms. The number of amides is 1. The maximum Gasteiger partial charge on any atom is 0.410 e. The number of nitrogens with zero attached hydrogens (tertiary/aromatic N) is 4. The summed E-state index contributed by atoms with van der Waals surface area (Å²) in [7, 11) is 0. The number of piperazine rings is 1. The Morgan fingerprint density at radius 1 is 1.29 bits per heavy atom. The van der Waals surface area contributed by atoms with E-state index in [1.807, 2.05) is 33.8 Å². The Morgan fingerprint density at radius 2 is 2.00 bits per heavy atom. The van der Waals surface area contributed by atoms with Gasteiger partial charge in [0.2, 0.25) is 0 Å². The van der Waals surface area contributed by atoms with Crippen molar-refractivity contribution in [2.45, 2.75) is 58.1 Å². The zero-order chi connectivity index (χ0) is 17.5. The fraction of sp³-hybridized carbons (Fsp3) is 0.706. The molecule has 1 aromatic heterocycles. The first-order valence-electron chi connectivity index (χ1n) is 8.52. The highest BCUT2D eigenvalue weighted by atomic mass is 35.5. The summed E-state index contributed by atoms with van der Waals surface area (Å²) in [6, 6.07) is 1.86. The first-order valence-corrected chi connectivity index (χ1v) is 8.90. The predicted molar refractivity (Wildman–Crippen MR) is 93.6 cm³/mol. The summed E-state index contributed by atoms with van der Waals surface area (Å²) in [6.07, 6.45) is 2.03. The lowest BCUT2D eigenvalue weighted by Crippen LogP contribution is -2.55. The average Bonchev–Trinajstić information content (AvgIpc) is 3.29. The predicted octanol–water partition coefficient (Wildman–Crippen LogP) is 3.45. The Kier molecular flexibility index (Phi) is 4.60. The summed E-state index contributed by atoms with van der Waals surface area (Å²) in [6.45, 7) is 9.70. The Labute approximate surface area is 148 Å². The molecule has 1 saturated heterocycles. The normalized spacial score (nSPS) is 21.8. The molecule has 0 spiro atoms. The molecule has 24 heavy (non-hydrogen) atoms. The second kappa shape index (κ2) is 6.39. The zero-order valence-corrected chi connectivity index (χ0v) is 15.5. The van der Waals surface area contributed by atoms with Crippen LogP contribution in [-0.4, -0.2) is 52.2 Å². The van der Waals surface area contributed by atoms with E-state index in [2.05, 4.69) is 14.9 Å². The molecule has 0 radical (unpaired) electrons. The number of ether oxygens (including phenoxy) is 1. The quantitative estimate of drug-likeness (QED) is 0.763. The minimum Gasteiger partial charge on any atom is -0.444 e. The summed E-state index contributed by atoms with van der Waals surface area (Å²) < 4.78 is 5.49. The number of hydrogen-bond donors (Lipinski definition) is 0. The molecule has 1 saturated carbocycles. The summed E-state index contributed by atoms with van der Waals surface area (Å²) >= 11 is 6.17. The number of carbonyl (C=O) groups is 1. The van der Waals surface area contributed by atoms with Crippen LogP contribution >= 0.6 is 11.6 Å². The van der Waals surface area contributed by atoms with Gasteiger partial charge in [0.15, 0.2) is 0 Å². The van der Waals surface area contributed by atoms with Crippen molar-refractivity contribution in [3.8, 4) is 0 Å². The molecular formula is C17H25ClN4O2.